The van der Waals surface area contributed by atoms with Gasteiger partial charge in [0.2, 0.25) is 0 Å². The molecule has 0 N–H and O–H groups in total. The molecule has 6 aliphatic heterocycles. The Hall–Kier alpha value is 0.524. The Morgan fingerprint density at radius 2 is 0.837 bits per heavy atom. The minimum absolute atomic E-state index is 0.358. The Labute approximate surface area is 270 Å². The first-order valence-electron chi connectivity index (χ1n) is 14.4. The zero-order valence-electron chi connectivity index (χ0n) is 25.9. The standard InChI is InChI=1S/2C12H19O6.C5H5.ClH.Ti/c2*1-11(2)14-5-6(16-11)8-7(13)9-10(15-8)18-12(3,4)17-9;1-2-4-5-3-1;;/h2*6-10H,5H2,1-4H3;1-5H;1H;/q2*-1;;;+4/p-1/t2*6-,7+,8-,9-,10-;;;/m11.../s1. The molecule has 14 heteroatoms. The SMILES string of the molecule is CC1(C)O[C@H]2O[C@H]([C@H]3COC(C)(C)O3)[C@H]([O-])[C@H]2O1.CC1(C)O[C@H]2O[C@H]([C@H]3COC(C)(C)O3)[C@H]([O-])[C@H]2O1.[CH]1[CH][CH][CH][CH]1.[Cl][Ti+3]. The molecule has 0 aromatic heterocycles. The van der Waals surface area contributed by atoms with Gasteiger partial charge >= 0.3 is 28.7 Å². The van der Waals surface area contributed by atoms with Crippen LogP contribution in [0.4, 0.5) is 0 Å². The Balaban J connectivity index is 0.000000162. The summed E-state index contributed by atoms with van der Waals surface area (Å²) in [6, 6.07) is 0. The third-order valence-electron chi connectivity index (χ3n) is 7.40. The van der Waals surface area contributed by atoms with E-state index in [9.17, 15) is 10.2 Å². The van der Waals surface area contributed by atoms with E-state index in [2.05, 4.69) is 9.30 Å². The van der Waals surface area contributed by atoms with E-state index in [-0.39, 0.29) is 12.2 Å². The molecule has 6 heterocycles. The molecule has 6 saturated heterocycles. The normalized spacial score (nSPS) is 44.4. The summed E-state index contributed by atoms with van der Waals surface area (Å²) in [7, 11) is 4.64. The first-order valence-corrected chi connectivity index (χ1v) is 16.5. The average Bonchev–Trinajstić information content (AvgIpc) is 3.76. The second-order valence-corrected chi connectivity index (χ2v) is 12.8. The van der Waals surface area contributed by atoms with E-state index in [0.717, 1.165) is 0 Å². The Kier molecular flexibility index (Phi) is 12.1. The van der Waals surface area contributed by atoms with E-state index in [1.807, 2.05) is 59.8 Å². The summed E-state index contributed by atoms with van der Waals surface area (Å²) in [5.74, 6) is -2.83. The van der Waals surface area contributed by atoms with Crippen molar-refractivity contribution >= 4 is 9.30 Å². The van der Waals surface area contributed by atoms with E-state index < -0.39 is 72.4 Å². The summed E-state index contributed by atoms with van der Waals surface area (Å²) in [5.41, 5.74) is 0. The van der Waals surface area contributed by atoms with Gasteiger partial charge in [-0.2, -0.15) is 0 Å². The summed E-state index contributed by atoms with van der Waals surface area (Å²) >= 11 is 1.47. The van der Waals surface area contributed by atoms with Crippen molar-refractivity contribution in [2.24, 2.45) is 0 Å². The van der Waals surface area contributed by atoms with Crippen LogP contribution in [0.3, 0.4) is 0 Å². The van der Waals surface area contributed by atoms with E-state index in [1.54, 1.807) is 27.7 Å². The summed E-state index contributed by atoms with van der Waals surface area (Å²) in [5, 5.41) is 24.6. The van der Waals surface area contributed by atoms with Crippen molar-refractivity contribution in [2.45, 2.75) is 140 Å². The fraction of sp³-hybridized carbons (Fsp3) is 0.828. The first-order chi connectivity index (χ1) is 20.0. The monoisotopic (exact) mass is 666 g/mol. The van der Waals surface area contributed by atoms with Crippen LogP contribution in [0.15, 0.2) is 0 Å². The zero-order valence-corrected chi connectivity index (χ0v) is 28.2. The number of halogens is 1. The zero-order chi connectivity index (χ0) is 31.8. The van der Waals surface area contributed by atoms with Gasteiger partial charge in [0.1, 0.15) is 24.4 Å². The number of rotatable bonds is 2. The van der Waals surface area contributed by atoms with Gasteiger partial charge < -0.3 is 57.6 Å². The molecule has 0 aromatic carbocycles. The second-order valence-electron chi connectivity index (χ2n) is 12.8. The maximum atomic E-state index is 12.3. The molecule has 0 bridgehead atoms. The van der Waals surface area contributed by atoms with Crippen LogP contribution in [-0.4, -0.2) is 97.8 Å². The fourth-order valence-electron chi connectivity index (χ4n) is 5.68. The average molecular weight is 667 g/mol. The van der Waals surface area contributed by atoms with E-state index in [0.29, 0.717) is 13.2 Å². The van der Waals surface area contributed by atoms with Crippen molar-refractivity contribution < 1.29 is 77.0 Å². The second kappa shape index (κ2) is 14.3. The topological polar surface area (TPSA) is 138 Å². The number of fused-ring (bicyclic) bond motifs is 2. The summed E-state index contributed by atoms with van der Waals surface area (Å²) in [4.78, 5) is 0. The van der Waals surface area contributed by atoms with Gasteiger partial charge in [0.15, 0.2) is 35.7 Å². The molecule has 1 saturated carbocycles. The molecule has 0 aromatic rings. The van der Waals surface area contributed by atoms with E-state index in [1.165, 1.54) is 19.4 Å². The summed E-state index contributed by atoms with van der Waals surface area (Å²) < 4.78 is 55.8. The molecule has 0 spiro atoms. The first kappa shape index (κ1) is 36.4. The number of hydrogen-bond acceptors (Lipinski definition) is 12. The summed E-state index contributed by atoms with van der Waals surface area (Å²) in [6.07, 6.45) is 3.75. The molecule has 43 heavy (non-hydrogen) atoms. The molecule has 1 aliphatic carbocycles. The van der Waals surface area contributed by atoms with Gasteiger partial charge in [-0.15, -0.1) is 0 Å². The Morgan fingerprint density at radius 3 is 1.09 bits per heavy atom. The third kappa shape index (κ3) is 9.12. The van der Waals surface area contributed by atoms with Gasteiger partial charge in [-0.3, -0.25) is 0 Å². The van der Waals surface area contributed by atoms with E-state index >= 15 is 0 Å². The molecule has 0 unspecified atom stereocenters. The van der Waals surface area contributed by atoms with Crippen molar-refractivity contribution in [1.29, 1.82) is 0 Å². The van der Waals surface area contributed by atoms with Gasteiger partial charge in [-0.1, -0.05) is 12.2 Å². The quantitative estimate of drug-likeness (QED) is 0.392. The van der Waals surface area contributed by atoms with Gasteiger partial charge in [0, 0.05) is 0 Å². The van der Waals surface area contributed by atoms with Crippen LogP contribution < -0.4 is 10.2 Å². The fourth-order valence-corrected chi connectivity index (χ4v) is 5.68. The van der Waals surface area contributed by atoms with Crippen molar-refractivity contribution in [2.75, 3.05) is 13.2 Å². The molecular formula is C29H43ClO12Ti+. The van der Waals surface area contributed by atoms with Crippen molar-refractivity contribution in [1.82, 2.24) is 0 Å². The van der Waals surface area contributed by atoms with Crippen LogP contribution in [0.25, 0.3) is 0 Å². The molecular weight excluding hydrogens is 624 g/mol. The van der Waals surface area contributed by atoms with Gasteiger partial charge in [0.05, 0.1) is 25.4 Å². The third-order valence-corrected chi connectivity index (χ3v) is 7.40. The molecule has 241 valence electrons. The Bertz CT molecular complexity index is 829. The van der Waals surface area contributed by atoms with Crippen molar-refractivity contribution in [3.05, 3.63) is 32.1 Å². The maximum absolute atomic E-state index is 12.3. The van der Waals surface area contributed by atoms with Crippen molar-refractivity contribution in [3.63, 3.8) is 0 Å². The minimum atomic E-state index is -1.01. The van der Waals surface area contributed by atoms with Crippen LogP contribution >= 0.6 is 9.30 Å². The number of ether oxygens (including phenoxy) is 10. The molecule has 7 rings (SSSR count). The van der Waals surface area contributed by atoms with Crippen molar-refractivity contribution in [3.8, 4) is 0 Å². The van der Waals surface area contributed by atoms with Gasteiger partial charge in [-0.05, 0) is 87.5 Å². The van der Waals surface area contributed by atoms with Crippen LogP contribution in [0, 0.1) is 32.1 Å². The molecule has 5 radical (unpaired) electrons. The van der Waals surface area contributed by atoms with Crippen LogP contribution in [0.5, 0.6) is 0 Å². The number of hydrogen-bond donors (Lipinski definition) is 0. The molecule has 0 amide bonds. The van der Waals surface area contributed by atoms with Crippen LogP contribution in [0.2, 0.25) is 0 Å². The predicted octanol–water partition coefficient (Wildman–Crippen LogP) is 1.19. The Morgan fingerprint density at radius 1 is 0.512 bits per heavy atom. The van der Waals surface area contributed by atoms with Gasteiger partial charge in [-0.25, -0.2) is 0 Å². The molecule has 7 fully saturated rings. The van der Waals surface area contributed by atoms with Crippen LogP contribution in [-0.2, 0) is 66.7 Å². The molecule has 10 atom stereocenters. The van der Waals surface area contributed by atoms with Gasteiger partial charge in [0.25, 0.3) is 0 Å². The summed E-state index contributed by atoms with van der Waals surface area (Å²) in [6.45, 7) is 15.1. The molecule has 7 aliphatic rings. The predicted molar refractivity (Wildman–Crippen MR) is 142 cm³/mol. The van der Waals surface area contributed by atoms with Crippen LogP contribution in [0.1, 0.15) is 55.4 Å². The van der Waals surface area contributed by atoms with E-state index in [4.69, 9.17) is 47.4 Å². The molecule has 12 nitrogen and oxygen atoms in total.